The number of aromatic nitrogens is 3. The number of benzene rings is 1. The lowest BCUT2D eigenvalue weighted by molar-refractivity contribution is 0.0827. The molecule has 1 atom stereocenters. The van der Waals surface area contributed by atoms with Crippen molar-refractivity contribution in [1.82, 2.24) is 20.1 Å². The number of nitrogen functional groups attached to an aromatic ring is 1. The zero-order chi connectivity index (χ0) is 14.7. The lowest BCUT2D eigenvalue weighted by atomic mass is 10.1. The first-order valence-electron chi connectivity index (χ1n) is 6.22. The van der Waals surface area contributed by atoms with Crippen LogP contribution in [0.5, 0.6) is 0 Å². The van der Waals surface area contributed by atoms with Crippen molar-refractivity contribution in [3.8, 4) is 0 Å². The first kappa shape index (κ1) is 13.9. The predicted molar refractivity (Wildman–Crippen MR) is 77.3 cm³/mol. The number of amides is 1. The number of H-pyrrole nitrogens is 1. The lowest BCUT2D eigenvalue weighted by Crippen LogP contribution is -2.21. The molecule has 0 radical (unpaired) electrons. The normalized spacial score (nSPS) is 11.9. The number of carbonyl (C=O) groups is 1. The Kier molecular flexibility index (Phi) is 3.88. The van der Waals surface area contributed by atoms with Crippen LogP contribution in [-0.2, 0) is 0 Å². The van der Waals surface area contributed by atoms with Gasteiger partial charge in [0.05, 0.1) is 17.4 Å². The number of nitrogens with two attached hydrogens (primary N) is 1. The van der Waals surface area contributed by atoms with E-state index in [-0.39, 0.29) is 11.9 Å². The van der Waals surface area contributed by atoms with Gasteiger partial charge in [-0.05, 0) is 25.1 Å². The second-order valence-corrected chi connectivity index (χ2v) is 4.74. The highest BCUT2D eigenvalue weighted by Crippen LogP contribution is 2.24. The summed E-state index contributed by atoms with van der Waals surface area (Å²) < 4.78 is 0. The van der Waals surface area contributed by atoms with Crippen LogP contribution in [0.4, 0.5) is 11.4 Å². The van der Waals surface area contributed by atoms with E-state index in [4.69, 9.17) is 5.73 Å². The van der Waals surface area contributed by atoms with E-state index in [9.17, 15) is 4.79 Å². The second-order valence-electron chi connectivity index (χ2n) is 4.74. The molecule has 0 bridgehead atoms. The minimum Gasteiger partial charge on any atom is -0.397 e. The Labute approximate surface area is 117 Å². The maximum absolute atomic E-state index is 11.8. The summed E-state index contributed by atoms with van der Waals surface area (Å²) in [4.78, 5) is 17.4. The summed E-state index contributed by atoms with van der Waals surface area (Å²) >= 11 is 0. The highest BCUT2D eigenvalue weighted by molar-refractivity contribution is 5.95. The van der Waals surface area contributed by atoms with E-state index >= 15 is 0 Å². The van der Waals surface area contributed by atoms with Crippen molar-refractivity contribution < 1.29 is 4.79 Å². The van der Waals surface area contributed by atoms with E-state index in [1.165, 1.54) is 11.2 Å². The Balaban J connectivity index is 2.16. The van der Waals surface area contributed by atoms with Crippen LogP contribution in [0.15, 0.2) is 24.5 Å². The highest BCUT2D eigenvalue weighted by atomic mass is 16.2. The third-order valence-corrected chi connectivity index (χ3v) is 2.92. The summed E-state index contributed by atoms with van der Waals surface area (Å²) in [5, 5.41) is 9.83. The average molecular weight is 274 g/mol. The van der Waals surface area contributed by atoms with Gasteiger partial charge in [-0.2, -0.15) is 5.10 Å². The van der Waals surface area contributed by atoms with E-state index < -0.39 is 0 Å². The van der Waals surface area contributed by atoms with Gasteiger partial charge in [0.2, 0.25) is 0 Å². The van der Waals surface area contributed by atoms with Crippen molar-refractivity contribution in [2.45, 2.75) is 13.0 Å². The van der Waals surface area contributed by atoms with Gasteiger partial charge in [0.1, 0.15) is 12.2 Å². The molecule has 1 amide bonds. The number of nitrogens with one attached hydrogen (secondary N) is 2. The number of hydrogen-bond donors (Lipinski definition) is 3. The first-order valence-corrected chi connectivity index (χ1v) is 6.22. The van der Waals surface area contributed by atoms with Gasteiger partial charge >= 0.3 is 0 Å². The summed E-state index contributed by atoms with van der Waals surface area (Å²) in [7, 11) is 3.41. The summed E-state index contributed by atoms with van der Waals surface area (Å²) in [5.41, 5.74) is 7.81. The molecule has 0 aliphatic heterocycles. The van der Waals surface area contributed by atoms with E-state index in [0.717, 1.165) is 11.5 Å². The van der Waals surface area contributed by atoms with Crippen molar-refractivity contribution in [2.75, 3.05) is 25.1 Å². The summed E-state index contributed by atoms with van der Waals surface area (Å²) in [6.07, 6.45) is 1.45. The number of aromatic amines is 1. The van der Waals surface area contributed by atoms with Crippen LogP contribution in [0.2, 0.25) is 0 Å². The van der Waals surface area contributed by atoms with Crippen LogP contribution in [-0.4, -0.2) is 40.1 Å². The highest BCUT2D eigenvalue weighted by Gasteiger charge is 2.13. The molecule has 2 aromatic rings. The number of anilines is 2. The third-order valence-electron chi connectivity index (χ3n) is 2.92. The zero-order valence-electron chi connectivity index (χ0n) is 11.7. The molecule has 20 heavy (non-hydrogen) atoms. The summed E-state index contributed by atoms with van der Waals surface area (Å²) in [5.74, 6) is 0.643. The standard InChI is InChI=1S/C13H18N6O/c1-8(12-15-7-16-18-12)17-11-5-4-9(6-10(11)14)13(20)19(2)3/h4-8,17H,14H2,1-3H3,(H,15,16,18). The van der Waals surface area contributed by atoms with Crippen LogP contribution in [0.3, 0.4) is 0 Å². The Morgan fingerprint density at radius 3 is 2.75 bits per heavy atom. The van der Waals surface area contributed by atoms with Gasteiger partial charge in [0.25, 0.3) is 5.91 Å². The number of carbonyl (C=O) groups excluding carboxylic acids is 1. The molecule has 0 saturated carbocycles. The van der Waals surface area contributed by atoms with Crippen molar-refractivity contribution >= 4 is 17.3 Å². The van der Waals surface area contributed by atoms with Gasteiger partial charge < -0.3 is 16.0 Å². The Morgan fingerprint density at radius 1 is 1.45 bits per heavy atom. The number of rotatable bonds is 4. The molecular formula is C13H18N6O. The summed E-state index contributed by atoms with van der Waals surface area (Å²) in [6, 6.07) is 5.14. The van der Waals surface area contributed by atoms with Gasteiger partial charge in [-0.15, -0.1) is 0 Å². The second kappa shape index (κ2) is 5.60. The van der Waals surface area contributed by atoms with Crippen molar-refractivity contribution in [1.29, 1.82) is 0 Å². The maximum Gasteiger partial charge on any atom is 0.253 e. The molecule has 0 aliphatic rings. The predicted octanol–water partition coefficient (Wildman–Crippen LogP) is 1.26. The van der Waals surface area contributed by atoms with E-state index in [0.29, 0.717) is 11.3 Å². The molecule has 1 unspecified atom stereocenters. The monoisotopic (exact) mass is 274 g/mol. The van der Waals surface area contributed by atoms with Gasteiger partial charge in [-0.25, -0.2) is 4.98 Å². The molecule has 7 nitrogen and oxygen atoms in total. The molecule has 0 aliphatic carbocycles. The largest absolute Gasteiger partial charge is 0.397 e. The quantitative estimate of drug-likeness (QED) is 0.729. The van der Waals surface area contributed by atoms with Crippen molar-refractivity contribution in [3.63, 3.8) is 0 Å². The Morgan fingerprint density at radius 2 is 2.20 bits per heavy atom. The fraction of sp³-hybridized carbons (Fsp3) is 0.308. The van der Waals surface area contributed by atoms with Gasteiger partial charge in [0.15, 0.2) is 0 Å². The van der Waals surface area contributed by atoms with E-state index in [2.05, 4.69) is 20.5 Å². The van der Waals surface area contributed by atoms with E-state index in [1.54, 1.807) is 32.3 Å². The van der Waals surface area contributed by atoms with Crippen LogP contribution >= 0.6 is 0 Å². The van der Waals surface area contributed by atoms with E-state index in [1.807, 2.05) is 6.92 Å². The number of nitrogens with zero attached hydrogens (tertiary/aromatic N) is 3. The molecule has 0 spiro atoms. The SMILES string of the molecule is CC(Nc1ccc(C(=O)N(C)C)cc1N)c1ncn[nH]1. The minimum absolute atomic E-state index is 0.0600. The zero-order valence-corrected chi connectivity index (χ0v) is 11.7. The first-order chi connectivity index (χ1) is 9.49. The lowest BCUT2D eigenvalue weighted by Gasteiger charge is -2.16. The van der Waals surface area contributed by atoms with Crippen LogP contribution in [0.1, 0.15) is 29.1 Å². The maximum atomic E-state index is 11.8. The molecule has 2 rings (SSSR count). The summed E-state index contributed by atoms with van der Waals surface area (Å²) in [6.45, 7) is 1.94. The fourth-order valence-corrected chi connectivity index (χ4v) is 1.81. The van der Waals surface area contributed by atoms with Crippen LogP contribution in [0, 0.1) is 0 Å². The molecule has 0 saturated heterocycles. The topological polar surface area (TPSA) is 99.9 Å². The Bertz CT molecular complexity index is 593. The Hall–Kier alpha value is -2.57. The molecule has 0 fully saturated rings. The molecule has 7 heteroatoms. The third kappa shape index (κ3) is 2.87. The van der Waals surface area contributed by atoms with Crippen molar-refractivity contribution in [2.24, 2.45) is 0 Å². The van der Waals surface area contributed by atoms with Crippen LogP contribution < -0.4 is 11.1 Å². The fourth-order valence-electron chi connectivity index (χ4n) is 1.81. The molecule has 1 aromatic carbocycles. The molecular weight excluding hydrogens is 256 g/mol. The number of hydrogen-bond acceptors (Lipinski definition) is 5. The molecule has 1 heterocycles. The average Bonchev–Trinajstić information content (AvgIpc) is 2.94. The van der Waals surface area contributed by atoms with Gasteiger partial charge in [0, 0.05) is 19.7 Å². The minimum atomic E-state index is -0.0773. The molecule has 4 N–H and O–H groups in total. The van der Waals surface area contributed by atoms with Gasteiger partial charge in [-0.3, -0.25) is 9.89 Å². The van der Waals surface area contributed by atoms with Crippen molar-refractivity contribution in [3.05, 3.63) is 35.9 Å². The van der Waals surface area contributed by atoms with Crippen LogP contribution in [0.25, 0.3) is 0 Å². The van der Waals surface area contributed by atoms with Gasteiger partial charge in [-0.1, -0.05) is 0 Å². The molecule has 1 aromatic heterocycles. The smallest absolute Gasteiger partial charge is 0.253 e. The molecule has 106 valence electrons.